The summed E-state index contributed by atoms with van der Waals surface area (Å²) in [5, 5.41) is 9.98. The van der Waals surface area contributed by atoms with Crippen molar-refractivity contribution in [2.24, 2.45) is 0 Å². The third-order valence-electron chi connectivity index (χ3n) is 6.63. The van der Waals surface area contributed by atoms with Gasteiger partial charge in [-0.1, -0.05) is 24.0 Å². The quantitative estimate of drug-likeness (QED) is 0.381. The van der Waals surface area contributed by atoms with E-state index in [0.29, 0.717) is 30.8 Å². The summed E-state index contributed by atoms with van der Waals surface area (Å²) in [6.45, 7) is 2.45. The molecule has 0 saturated carbocycles. The lowest BCUT2D eigenvalue weighted by molar-refractivity contribution is -0.235. The summed E-state index contributed by atoms with van der Waals surface area (Å²) in [6.07, 6.45) is -11.8. The molecular formula is C27H27F7N2O3. The van der Waals surface area contributed by atoms with E-state index in [-0.39, 0.29) is 19.2 Å². The Hall–Kier alpha value is -2.69. The minimum absolute atomic E-state index is 0.0109. The van der Waals surface area contributed by atoms with E-state index >= 15 is 0 Å². The Morgan fingerprint density at radius 1 is 0.923 bits per heavy atom. The first kappa shape index (κ1) is 29.3. The number of nitrogens with zero attached hydrogens (tertiary/aromatic N) is 2. The second-order valence-electron chi connectivity index (χ2n) is 9.34. The fourth-order valence-corrected chi connectivity index (χ4v) is 4.43. The zero-order chi connectivity index (χ0) is 28.2. The molecule has 0 amide bonds. The average Bonchev–Trinajstić information content (AvgIpc) is 2.85. The van der Waals surface area contributed by atoms with Gasteiger partial charge in [-0.25, -0.2) is 4.39 Å². The van der Waals surface area contributed by atoms with Crippen molar-refractivity contribution in [2.45, 2.75) is 37.2 Å². The number of halogens is 7. The molecule has 2 fully saturated rings. The summed E-state index contributed by atoms with van der Waals surface area (Å²) < 4.78 is 106. The predicted molar refractivity (Wildman–Crippen MR) is 127 cm³/mol. The van der Waals surface area contributed by atoms with Gasteiger partial charge in [-0.05, 0) is 47.9 Å². The number of aliphatic hydroxyl groups excluding tert-OH is 1. The Bertz CT molecular complexity index is 1140. The van der Waals surface area contributed by atoms with Crippen LogP contribution >= 0.6 is 0 Å². The molecule has 2 aliphatic heterocycles. The largest absolute Gasteiger partial charge is 0.416 e. The summed E-state index contributed by atoms with van der Waals surface area (Å²) in [7, 11) is 0. The van der Waals surface area contributed by atoms with Crippen LogP contribution in [-0.4, -0.2) is 67.1 Å². The van der Waals surface area contributed by atoms with Crippen LogP contribution in [0.25, 0.3) is 0 Å². The minimum atomic E-state index is -5.06. The number of aliphatic hydroxyl groups is 1. The molecule has 0 unspecified atom stereocenters. The molecule has 0 aliphatic carbocycles. The first-order valence-corrected chi connectivity index (χ1v) is 12.3. The molecule has 4 rings (SSSR count). The highest BCUT2D eigenvalue weighted by Gasteiger charge is 2.40. The maximum absolute atomic E-state index is 13.6. The Morgan fingerprint density at radius 3 is 2.08 bits per heavy atom. The zero-order valence-electron chi connectivity index (χ0n) is 20.7. The summed E-state index contributed by atoms with van der Waals surface area (Å²) in [5.41, 5.74) is -3.00. The highest BCUT2D eigenvalue weighted by atomic mass is 19.4. The average molecular weight is 561 g/mol. The molecule has 1 N–H and O–H groups in total. The molecule has 3 atom stereocenters. The first-order chi connectivity index (χ1) is 18.5. The molecule has 2 saturated heterocycles. The number of hydrogen-bond acceptors (Lipinski definition) is 5. The molecule has 0 aromatic heterocycles. The molecule has 0 spiro atoms. The number of rotatable bonds is 7. The smallest absolute Gasteiger partial charge is 0.393 e. The Morgan fingerprint density at radius 2 is 1.54 bits per heavy atom. The molecule has 0 bridgehead atoms. The van der Waals surface area contributed by atoms with Crippen molar-refractivity contribution in [2.75, 3.05) is 45.9 Å². The molecule has 2 heterocycles. The molecule has 2 aliphatic rings. The van der Waals surface area contributed by atoms with Gasteiger partial charge in [-0.15, -0.1) is 0 Å². The van der Waals surface area contributed by atoms with Crippen LogP contribution in [0.3, 0.4) is 0 Å². The van der Waals surface area contributed by atoms with Crippen LogP contribution in [0.1, 0.15) is 40.8 Å². The molecule has 2 aromatic rings. The van der Waals surface area contributed by atoms with E-state index in [9.17, 15) is 35.8 Å². The van der Waals surface area contributed by atoms with Gasteiger partial charge in [0.1, 0.15) is 11.9 Å². The van der Waals surface area contributed by atoms with E-state index in [1.807, 2.05) is 4.90 Å². The second kappa shape index (κ2) is 12.2. The van der Waals surface area contributed by atoms with Crippen LogP contribution in [-0.2, 0) is 21.8 Å². The highest BCUT2D eigenvalue weighted by Crippen LogP contribution is 2.39. The van der Waals surface area contributed by atoms with Gasteiger partial charge in [-0.2, -0.15) is 26.3 Å². The lowest BCUT2D eigenvalue weighted by Gasteiger charge is -2.41. The number of likely N-dealkylation sites (tertiary alicyclic amines) is 1. The molecule has 0 radical (unpaired) electrons. The fraction of sp³-hybridized carbons (Fsp3) is 0.481. The van der Waals surface area contributed by atoms with E-state index in [1.54, 1.807) is 0 Å². The van der Waals surface area contributed by atoms with E-state index in [0.717, 1.165) is 19.5 Å². The molecule has 12 heteroatoms. The summed E-state index contributed by atoms with van der Waals surface area (Å²) in [6, 6.07) is 5.75. The standard InChI is InChI=1S/C27H27F7N2O3/c28-22-6-4-18(5-7-22)24-25(38-13-12-36(24)11-2-1-8-35-9-3-10-35)39-23(17-37)19-14-20(26(29,30)31)16-21(15-19)27(32,33)34/h4-7,14-16,23-25,37H,3,8-13,17H2/t23-,24+,25-/m1/s1. The van der Waals surface area contributed by atoms with Gasteiger partial charge in [0.15, 0.2) is 6.29 Å². The zero-order valence-corrected chi connectivity index (χ0v) is 20.7. The van der Waals surface area contributed by atoms with Crippen LogP contribution in [0.2, 0.25) is 0 Å². The van der Waals surface area contributed by atoms with Crippen molar-refractivity contribution < 1.29 is 45.3 Å². The van der Waals surface area contributed by atoms with Crippen LogP contribution in [0, 0.1) is 17.7 Å². The third-order valence-corrected chi connectivity index (χ3v) is 6.63. The topological polar surface area (TPSA) is 45.2 Å². The van der Waals surface area contributed by atoms with Gasteiger partial charge in [0, 0.05) is 19.6 Å². The lowest BCUT2D eigenvalue weighted by atomic mass is 10.00. The third kappa shape index (κ3) is 7.49. The van der Waals surface area contributed by atoms with E-state index in [4.69, 9.17) is 9.47 Å². The van der Waals surface area contributed by atoms with Crippen LogP contribution < -0.4 is 0 Å². The van der Waals surface area contributed by atoms with Gasteiger partial charge in [-0.3, -0.25) is 9.80 Å². The van der Waals surface area contributed by atoms with Crippen molar-refractivity contribution in [3.05, 3.63) is 70.5 Å². The van der Waals surface area contributed by atoms with Crippen molar-refractivity contribution in [1.82, 2.24) is 9.80 Å². The van der Waals surface area contributed by atoms with Crippen LogP contribution in [0.4, 0.5) is 30.7 Å². The number of hydrogen-bond donors (Lipinski definition) is 1. The second-order valence-corrected chi connectivity index (χ2v) is 9.34. The number of morpholine rings is 1. The van der Waals surface area contributed by atoms with Crippen molar-refractivity contribution in [3.8, 4) is 11.8 Å². The van der Waals surface area contributed by atoms with Crippen LogP contribution in [0.5, 0.6) is 0 Å². The lowest BCUT2D eigenvalue weighted by Crippen LogP contribution is -2.47. The maximum atomic E-state index is 13.6. The van der Waals surface area contributed by atoms with Gasteiger partial charge >= 0.3 is 12.4 Å². The summed E-state index contributed by atoms with van der Waals surface area (Å²) in [4.78, 5) is 4.05. The Labute approximate surface area is 221 Å². The first-order valence-electron chi connectivity index (χ1n) is 12.3. The monoisotopic (exact) mass is 560 g/mol. The summed E-state index contributed by atoms with van der Waals surface area (Å²) in [5.74, 6) is 5.68. The fourth-order valence-electron chi connectivity index (χ4n) is 4.43. The molecule has 5 nitrogen and oxygen atoms in total. The van der Waals surface area contributed by atoms with E-state index in [1.165, 1.54) is 24.3 Å². The maximum Gasteiger partial charge on any atom is 0.416 e. The number of ether oxygens (including phenoxy) is 2. The van der Waals surface area contributed by atoms with Gasteiger partial charge in [0.25, 0.3) is 0 Å². The van der Waals surface area contributed by atoms with Gasteiger partial charge in [0.05, 0.1) is 43.5 Å². The van der Waals surface area contributed by atoms with Crippen LogP contribution in [0.15, 0.2) is 42.5 Å². The van der Waals surface area contributed by atoms with Crippen molar-refractivity contribution in [1.29, 1.82) is 0 Å². The van der Waals surface area contributed by atoms with Gasteiger partial charge < -0.3 is 14.6 Å². The SMILES string of the molecule is OC[C@@H](O[C@H]1OCCN(CC#CCN2CCC2)[C@H]1c1ccc(F)cc1)c1cc(C(F)(F)F)cc(C(F)(F)F)c1. The number of alkyl halides is 6. The highest BCUT2D eigenvalue weighted by molar-refractivity contribution is 5.35. The Balaban J connectivity index is 1.62. The molecule has 2 aromatic carbocycles. The Kier molecular flexibility index (Phi) is 9.18. The van der Waals surface area contributed by atoms with E-state index in [2.05, 4.69) is 16.7 Å². The molecular weight excluding hydrogens is 533 g/mol. The predicted octanol–water partition coefficient (Wildman–Crippen LogP) is 5.02. The number of benzene rings is 2. The van der Waals surface area contributed by atoms with Gasteiger partial charge in [0.2, 0.25) is 0 Å². The minimum Gasteiger partial charge on any atom is -0.393 e. The summed E-state index contributed by atoms with van der Waals surface area (Å²) >= 11 is 0. The van der Waals surface area contributed by atoms with Crippen molar-refractivity contribution >= 4 is 0 Å². The van der Waals surface area contributed by atoms with E-state index < -0.39 is 59.9 Å². The van der Waals surface area contributed by atoms with Crippen molar-refractivity contribution in [3.63, 3.8) is 0 Å². The normalized spacial score (nSPS) is 21.6. The molecule has 39 heavy (non-hydrogen) atoms. The molecule has 212 valence electrons.